The summed E-state index contributed by atoms with van der Waals surface area (Å²) in [4.78, 5) is 27.2. The van der Waals surface area contributed by atoms with E-state index in [1.165, 1.54) is 17.8 Å². The van der Waals surface area contributed by atoms with Crippen molar-refractivity contribution in [2.24, 2.45) is 0 Å². The molecule has 0 spiro atoms. The van der Waals surface area contributed by atoms with Gasteiger partial charge in [0.1, 0.15) is 0 Å². The van der Waals surface area contributed by atoms with Crippen molar-refractivity contribution < 1.29 is 4.79 Å². The minimum absolute atomic E-state index is 0.0278. The van der Waals surface area contributed by atoms with E-state index in [-0.39, 0.29) is 11.5 Å². The van der Waals surface area contributed by atoms with Crippen molar-refractivity contribution in [1.29, 1.82) is 0 Å². The fraction of sp³-hybridized carbons (Fsp3) is 0.333. The van der Waals surface area contributed by atoms with E-state index in [1.54, 1.807) is 11.0 Å². The fourth-order valence-electron chi connectivity index (χ4n) is 1.68. The fourth-order valence-corrected chi connectivity index (χ4v) is 1.68. The second kappa shape index (κ2) is 4.35. The summed E-state index contributed by atoms with van der Waals surface area (Å²) >= 11 is 0. The van der Waals surface area contributed by atoms with Crippen molar-refractivity contribution in [3.63, 3.8) is 0 Å². The van der Waals surface area contributed by atoms with E-state index in [4.69, 9.17) is 0 Å². The number of aromatic amines is 1. The van der Waals surface area contributed by atoms with Crippen molar-refractivity contribution in [2.45, 2.75) is 13.3 Å². The van der Waals surface area contributed by atoms with Gasteiger partial charge in [0, 0.05) is 25.4 Å². The van der Waals surface area contributed by atoms with Crippen LogP contribution < -0.4 is 5.56 Å². The molecular formula is C12H14N2O2. The lowest BCUT2D eigenvalue weighted by Gasteiger charge is -2.25. The van der Waals surface area contributed by atoms with Crippen LogP contribution in [0.1, 0.15) is 23.7 Å². The summed E-state index contributed by atoms with van der Waals surface area (Å²) in [6.45, 7) is 3.48. The van der Waals surface area contributed by atoms with Crippen LogP contribution in [-0.2, 0) is 0 Å². The van der Waals surface area contributed by atoms with Gasteiger partial charge >= 0.3 is 0 Å². The molecule has 0 aromatic carbocycles. The standard InChI is InChI=1S/C12H14N2O2/c1-9-4-6-14(7-5-9)12(16)10-2-3-11(15)13-8-10/h2-4,8H,5-7H2,1H3,(H,13,15). The van der Waals surface area contributed by atoms with Crippen molar-refractivity contribution in [3.8, 4) is 0 Å². The Morgan fingerprint density at radius 1 is 1.44 bits per heavy atom. The quantitative estimate of drug-likeness (QED) is 0.719. The lowest BCUT2D eigenvalue weighted by molar-refractivity contribution is 0.0768. The van der Waals surface area contributed by atoms with Crippen LogP contribution in [0.25, 0.3) is 0 Å². The summed E-state index contributed by atoms with van der Waals surface area (Å²) in [5.41, 5.74) is 1.67. The van der Waals surface area contributed by atoms with Crippen LogP contribution in [0, 0.1) is 0 Å². The van der Waals surface area contributed by atoms with Crippen LogP contribution in [0.2, 0.25) is 0 Å². The first-order valence-electron chi connectivity index (χ1n) is 5.30. The Labute approximate surface area is 93.6 Å². The Kier molecular flexibility index (Phi) is 2.90. The molecular weight excluding hydrogens is 204 g/mol. The molecule has 2 heterocycles. The summed E-state index contributed by atoms with van der Waals surface area (Å²) in [6.07, 6.45) is 4.46. The zero-order valence-electron chi connectivity index (χ0n) is 9.19. The maximum Gasteiger partial charge on any atom is 0.255 e. The zero-order valence-corrected chi connectivity index (χ0v) is 9.19. The molecule has 1 aromatic heterocycles. The van der Waals surface area contributed by atoms with E-state index in [0.717, 1.165) is 13.0 Å². The van der Waals surface area contributed by atoms with Gasteiger partial charge < -0.3 is 9.88 Å². The average molecular weight is 218 g/mol. The minimum Gasteiger partial charge on any atom is -0.335 e. The Hall–Kier alpha value is -1.84. The minimum atomic E-state index is -0.189. The van der Waals surface area contributed by atoms with Crippen LogP contribution in [0.4, 0.5) is 0 Å². The normalized spacial score (nSPS) is 15.8. The predicted octanol–water partition coefficient (Wildman–Crippen LogP) is 1.17. The Balaban J connectivity index is 2.14. The van der Waals surface area contributed by atoms with Crippen LogP contribution >= 0.6 is 0 Å². The summed E-state index contributed by atoms with van der Waals surface area (Å²) in [6, 6.07) is 2.94. The topological polar surface area (TPSA) is 53.2 Å². The molecule has 2 rings (SSSR count). The zero-order chi connectivity index (χ0) is 11.5. The molecule has 0 aliphatic carbocycles. The van der Waals surface area contributed by atoms with E-state index < -0.39 is 0 Å². The number of hydrogen-bond donors (Lipinski definition) is 1. The number of carbonyl (C=O) groups excluding carboxylic acids is 1. The predicted molar refractivity (Wildman–Crippen MR) is 61.3 cm³/mol. The summed E-state index contributed by atoms with van der Waals surface area (Å²) < 4.78 is 0. The van der Waals surface area contributed by atoms with Gasteiger partial charge in [0.25, 0.3) is 5.91 Å². The molecule has 1 amide bonds. The third kappa shape index (κ3) is 2.21. The molecule has 0 radical (unpaired) electrons. The van der Waals surface area contributed by atoms with Gasteiger partial charge in [-0.3, -0.25) is 9.59 Å². The molecule has 0 atom stereocenters. The molecule has 1 aliphatic heterocycles. The largest absolute Gasteiger partial charge is 0.335 e. The number of carbonyl (C=O) groups is 1. The van der Waals surface area contributed by atoms with Gasteiger partial charge in [-0.05, 0) is 19.4 Å². The summed E-state index contributed by atoms with van der Waals surface area (Å²) in [5, 5.41) is 0. The van der Waals surface area contributed by atoms with Gasteiger partial charge in [0.05, 0.1) is 5.56 Å². The lowest BCUT2D eigenvalue weighted by atomic mass is 10.1. The molecule has 1 N–H and O–H groups in total. The molecule has 0 fully saturated rings. The van der Waals surface area contributed by atoms with Crippen molar-refractivity contribution in [3.05, 3.63) is 45.9 Å². The Bertz CT molecular complexity index is 468. The van der Waals surface area contributed by atoms with Crippen molar-refractivity contribution >= 4 is 5.91 Å². The first-order chi connectivity index (χ1) is 7.66. The molecule has 1 aliphatic rings. The van der Waals surface area contributed by atoms with Crippen LogP contribution in [0.3, 0.4) is 0 Å². The number of rotatable bonds is 1. The number of nitrogens with one attached hydrogen (secondary N) is 1. The molecule has 0 saturated carbocycles. The number of nitrogens with zero attached hydrogens (tertiary/aromatic N) is 1. The first-order valence-corrected chi connectivity index (χ1v) is 5.30. The van der Waals surface area contributed by atoms with Gasteiger partial charge in [-0.2, -0.15) is 0 Å². The highest BCUT2D eigenvalue weighted by Gasteiger charge is 2.17. The Morgan fingerprint density at radius 3 is 2.81 bits per heavy atom. The highest BCUT2D eigenvalue weighted by atomic mass is 16.2. The van der Waals surface area contributed by atoms with E-state index in [1.807, 2.05) is 0 Å². The maximum absolute atomic E-state index is 12.0. The molecule has 16 heavy (non-hydrogen) atoms. The van der Waals surface area contributed by atoms with Gasteiger partial charge in [-0.1, -0.05) is 11.6 Å². The molecule has 0 unspecified atom stereocenters. The maximum atomic E-state index is 12.0. The third-order valence-electron chi connectivity index (χ3n) is 2.75. The number of aromatic nitrogens is 1. The number of pyridine rings is 1. The second-order valence-corrected chi connectivity index (χ2v) is 3.99. The van der Waals surface area contributed by atoms with Gasteiger partial charge in [0.15, 0.2) is 0 Å². The lowest BCUT2D eigenvalue weighted by Crippen LogP contribution is -2.34. The van der Waals surface area contributed by atoms with Crippen molar-refractivity contribution in [2.75, 3.05) is 13.1 Å². The van der Waals surface area contributed by atoms with Crippen LogP contribution in [-0.4, -0.2) is 28.9 Å². The molecule has 1 aromatic rings. The number of H-pyrrole nitrogens is 1. The molecule has 4 nitrogen and oxygen atoms in total. The van der Waals surface area contributed by atoms with Gasteiger partial charge in [-0.15, -0.1) is 0 Å². The molecule has 84 valence electrons. The van der Waals surface area contributed by atoms with Crippen LogP contribution in [0.5, 0.6) is 0 Å². The molecule has 0 saturated heterocycles. The van der Waals surface area contributed by atoms with Gasteiger partial charge in [0.2, 0.25) is 5.56 Å². The highest BCUT2D eigenvalue weighted by Crippen LogP contribution is 2.12. The average Bonchev–Trinajstić information content (AvgIpc) is 2.30. The van der Waals surface area contributed by atoms with E-state index in [2.05, 4.69) is 18.0 Å². The Morgan fingerprint density at radius 2 is 2.25 bits per heavy atom. The second-order valence-electron chi connectivity index (χ2n) is 3.99. The smallest absolute Gasteiger partial charge is 0.255 e. The van der Waals surface area contributed by atoms with E-state index in [0.29, 0.717) is 12.1 Å². The van der Waals surface area contributed by atoms with E-state index in [9.17, 15) is 9.59 Å². The van der Waals surface area contributed by atoms with E-state index >= 15 is 0 Å². The number of hydrogen-bond acceptors (Lipinski definition) is 2. The van der Waals surface area contributed by atoms with Gasteiger partial charge in [-0.25, -0.2) is 0 Å². The number of amides is 1. The highest BCUT2D eigenvalue weighted by molar-refractivity contribution is 5.94. The molecule has 4 heteroatoms. The van der Waals surface area contributed by atoms with Crippen molar-refractivity contribution in [1.82, 2.24) is 9.88 Å². The monoisotopic (exact) mass is 218 g/mol. The molecule has 0 bridgehead atoms. The summed E-state index contributed by atoms with van der Waals surface area (Å²) in [5.74, 6) is -0.0278. The summed E-state index contributed by atoms with van der Waals surface area (Å²) in [7, 11) is 0. The van der Waals surface area contributed by atoms with Crippen LogP contribution in [0.15, 0.2) is 34.8 Å². The third-order valence-corrected chi connectivity index (χ3v) is 2.75. The SMILES string of the molecule is CC1=CCN(C(=O)c2ccc(=O)[nH]c2)CC1. The first kappa shape index (κ1) is 10.7.